The third-order valence-corrected chi connectivity index (χ3v) is 7.34. The third-order valence-electron chi connectivity index (χ3n) is 7.34. The first-order valence-electron chi connectivity index (χ1n) is 10.3. The minimum Gasteiger partial charge on any atom is -0.395 e. The molecule has 2 amide bonds. The largest absolute Gasteiger partial charge is 0.395 e. The molecule has 1 aliphatic heterocycles. The molecule has 2 bridgehead atoms. The minimum absolute atomic E-state index is 0.166. The van der Waals surface area contributed by atoms with Crippen LogP contribution < -0.4 is 4.90 Å². The first-order valence-corrected chi connectivity index (χ1v) is 10.3. The van der Waals surface area contributed by atoms with Crippen LogP contribution in [0.15, 0.2) is 72.8 Å². The van der Waals surface area contributed by atoms with E-state index in [-0.39, 0.29) is 24.3 Å². The number of rotatable bonds is 2. The predicted molar refractivity (Wildman–Crippen MR) is 113 cm³/mol. The lowest BCUT2D eigenvalue weighted by atomic mass is 9.47. The fraction of sp³-hybridized carbons (Fsp3) is 0.231. The molecule has 4 heteroatoms. The second kappa shape index (κ2) is 5.89. The van der Waals surface area contributed by atoms with Crippen LogP contribution in [0.2, 0.25) is 0 Å². The van der Waals surface area contributed by atoms with E-state index in [1.807, 2.05) is 79.7 Å². The van der Waals surface area contributed by atoms with E-state index >= 15 is 0 Å². The molecule has 4 aliphatic rings. The van der Waals surface area contributed by atoms with Crippen LogP contribution in [0.25, 0.3) is 0 Å². The molecule has 1 fully saturated rings. The summed E-state index contributed by atoms with van der Waals surface area (Å²) in [5.74, 6) is -1.66. The van der Waals surface area contributed by atoms with Crippen LogP contribution in [-0.2, 0) is 15.0 Å². The summed E-state index contributed by atoms with van der Waals surface area (Å²) in [6.45, 7) is 1.76. The van der Waals surface area contributed by atoms with Crippen LogP contribution in [0, 0.1) is 18.8 Å². The first-order chi connectivity index (χ1) is 14.6. The number of anilines is 1. The number of aliphatic hydroxyl groups excluding tert-OH is 1. The van der Waals surface area contributed by atoms with Crippen LogP contribution in [-0.4, -0.2) is 23.5 Å². The Balaban J connectivity index is 1.63. The van der Waals surface area contributed by atoms with E-state index in [1.54, 1.807) is 0 Å². The third kappa shape index (κ3) is 1.90. The maximum atomic E-state index is 13.8. The van der Waals surface area contributed by atoms with Crippen molar-refractivity contribution in [2.24, 2.45) is 11.8 Å². The van der Waals surface area contributed by atoms with Gasteiger partial charge in [-0.25, -0.2) is 4.90 Å². The molecule has 3 aromatic rings. The van der Waals surface area contributed by atoms with E-state index in [1.165, 1.54) is 4.90 Å². The summed E-state index contributed by atoms with van der Waals surface area (Å²) < 4.78 is 0. The number of carbonyl (C=O) groups excluding carboxylic acids is 2. The highest BCUT2D eigenvalue weighted by atomic mass is 16.3. The molecule has 2 atom stereocenters. The van der Waals surface area contributed by atoms with Gasteiger partial charge < -0.3 is 5.11 Å². The number of nitrogens with zero attached hydrogens (tertiary/aromatic N) is 1. The fourth-order valence-corrected chi connectivity index (χ4v) is 6.15. The maximum Gasteiger partial charge on any atom is 0.239 e. The second-order valence-electron chi connectivity index (χ2n) is 8.63. The number of hydrogen-bond acceptors (Lipinski definition) is 3. The van der Waals surface area contributed by atoms with E-state index in [0.29, 0.717) is 5.69 Å². The Morgan fingerprint density at radius 1 is 0.833 bits per heavy atom. The van der Waals surface area contributed by atoms with Crippen molar-refractivity contribution >= 4 is 17.5 Å². The van der Waals surface area contributed by atoms with Gasteiger partial charge in [-0.3, -0.25) is 9.59 Å². The molecule has 1 N–H and O–H groups in total. The number of amides is 2. The summed E-state index contributed by atoms with van der Waals surface area (Å²) in [7, 11) is 0. The van der Waals surface area contributed by atoms with E-state index in [4.69, 9.17) is 0 Å². The molecular weight excluding hydrogens is 374 g/mol. The molecular formula is C26H21NO3. The topological polar surface area (TPSA) is 57.6 Å². The van der Waals surface area contributed by atoms with Crippen molar-refractivity contribution in [3.63, 3.8) is 0 Å². The Morgan fingerprint density at radius 2 is 1.40 bits per heavy atom. The van der Waals surface area contributed by atoms with Crippen LogP contribution in [0.1, 0.15) is 33.7 Å². The molecule has 148 valence electrons. The Morgan fingerprint density at radius 3 is 1.97 bits per heavy atom. The first kappa shape index (κ1) is 17.6. The number of benzene rings is 3. The number of carbonyl (C=O) groups is 2. The SMILES string of the molecule is Cc1ccc(N2C(=O)C3C4c5ccccc5C(CO)(c5ccccc54)C3C2=O)cc1. The van der Waals surface area contributed by atoms with E-state index in [2.05, 4.69) is 0 Å². The number of aryl methyl sites for hydroxylation is 1. The van der Waals surface area contributed by atoms with Gasteiger partial charge >= 0.3 is 0 Å². The van der Waals surface area contributed by atoms with E-state index in [0.717, 1.165) is 27.8 Å². The van der Waals surface area contributed by atoms with Crippen molar-refractivity contribution in [1.29, 1.82) is 0 Å². The van der Waals surface area contributed by atoms with Crippen molar-refractivity contribution in [3.8, 4) is 0 Å². The highest BCUT2D eigenvalue weighted by Gasteiger charge is 2.68. The molecule has 1 heterocycles. The van der Waals surface area contributed by atoms with E-state index in [9.17, 15) is 14.7 Å². The lowest BCUT2D eigenvalue weighted by Crippen LogP contribution is -2.55. The van der Waals surface area contributed by atoms with Gasteiger partial charge in [0.1, 0.15) is 0 Å². The van der Waals surface area contributed by atoms with Gasteiger partial charge in [0.05, 0.1) is 29.5 Å². The molecule has 0 radical (unpaired) electrons. The van der Waals surface area contributed by atoms with Crippen LogP contribution >= 0.6 is 0 Å². The van der Waals surface area contributed by atoms with Gasteiger partial charge in [-0.2, -0.15) is 0 Å². The maximum absolute atomic E-state index is 13.8. The van der Waals surface area contributed by atoms with Gasteiger partial charge in [0.25, 0.3) is 0 Å². The smallest absolute Gasteiger partial charge is 0.239 e. The summed E-state index contributed by atoms with van der Waals surface area (Å²) in [5, 5.41) is 10.8. The minimum atomic E-state index is -0.904. The summed E-state index contributed by atoms with van der Waals surface area (Å²) in [5.41, 5.74) is 4.83. The quantitative estimate of drug-likeness (QED) is 0.676. The van der Waals surface area contributed by atoms with Crippen LogP contribution in [0.5, 0.6) is 0 Å². The van der Waals surface area contributed by atoms with E-state index < -0.39 is 17.3 Å². The van der Waals surface area contributed by atoms with Gasteiger partial charge in [0, 0.05) is 5.92 Å². The van der Waals surface area contributed by atoms with Crippen molar-refractivity contribution in [1.82, 2.24) is 0 Å². The molecule has 30 heavy (non-hydrogen) atoms. The monoisotopic (exact) mass is 395 g/mol. The molecule has 3 aliphatic carbocycles. The number of hydrogen-bond donors (Lipinski definition) is 1. The molecule has 7 rings (SSSR count). The zero-order valence-corrected chi connectivity index (χ0v) is 16.6. The Bertz CT molecular complexity index is 1170. The molecule has 1 saturated heterocycles. The highest BCUT2D eigenvalue weighted by Crippen LogP contribution is 2.64. The zero-order chi connectivity index (χ0) is 20.6. The number of imide groups is 1. The molecule has 0 saturated carbocycles. The van der Waals surface area contributed by atoms with Crippen molar-refractivity contribution in [3.05, 3.63) is 101 Å². The molecule has 3 aromatic carbocycles. The second-order valence-corrected chi connectivity index (χ2v) is 8.63. The standard InChI is InChI=1S/C26H21NO3/c1-15-10-12-16(13-11-15)27-24(29)22-21-17-6-2-4-8-19(17)26(14-28,23(22)25(27)30)20-9-5-3-7-18(20)21/h2-13,21-23,28H,14H2,1H3. The van der Waals surface area contributed by atoms with Crippen molar-refractivity contribution < 1.29 is 14.7 Å². The van der Waals surface area contributed by atoms with Crippen LogP contribution in [0.3, 0.4) is 0 Å². The Hall–Kier alpha value is -3.24. The zero-order valence-electron chi connectivity index (χ0n) is 16.6. The normalized spacial score (nSPS) is 28.3. The summed E-state index contributed by atoms with van der Waals surface area (Å²) >= 11 is 0. The van der Waals surface area contributed by atoms with Gasteiger partial charge in [0.2, 0.25) is 11.8 Å². The Labute approximate surface area is 174 Å². The van der Waals surface area contributed by atoms with Crippen LogP contribution in [0.4, 0.5) is 5.69 Å². The summed E-state index contributed by atoms with van der Waals surface area (Å²) in [4.78, 5) is 28.9. The molecule has 0 aromatic heterocycles. The lowest BCUT2D eigenvalue weighted by Gasteiger charge is -2.53. The average Bonchev–Trinajstić information content (AvgIpc) is 3.05. The molecule has 2 unspecified atom stereocenters. The fourth-order valence-electron chi connectivity index (χ4n) is 6.15. The van der Waals surface area contributed by atoms with Crippen molar-refractivity contribution in [2.75, 3.05) is 11.5 Å². The lowest BCUT2D eigenvalue weighted by molar-refractivity contribution is -0.124. The Kier molecular flexibility index (Phi) is 3.46. The summed E-state index contributed by atoms with van der Waals surface area (Å²) in [6.07, 6.45) is 0. The predicted octanol–water partition coefficient (Wildman–Crippen LogP) is 3.54. The van der Waals surface area contributed by atoms with Gasteiger partial charge in [-0.1, -0.05) is 66.2 Å². The molecule has 0 spiro atoms. The molecule has 4 nitrogen and oxygen atoms in total. The van der Waals surface area contributed by atoms with Gasteiger partial charge in [-0.15, -0.1) is 0 Å². The van der Waals surface area contributed by atoms with Gasteiger partial charge in [-0.05, 0) is 41.3 Å². The average molecular weight is 395 g/mol. The van der Waals surface area contributed by atoms with Crippen molar-refractivity contribution in [2.45, 2.75) is 18.3 Å². The number of aliphatic hydroxyl groups is 1. The highest BCUT2D eigenvalue weighted by molar-refractivity contribution is 6.23. The van der Waals surface area contributed by atoms with Gasteiger partial charge in [0.15, 0.2) is 0 Å². The summed E-state index contributed by atoms with van der Waals surface area (Å²) in [6, 6.07) is 23.4.